The Bertz CT molecular complexity index is 615. The first-order valence-corrected chi connectivity index (χ1v) is 7.03. The van der Waals surface area contributed by atoms with Gasteiger partial charge in [0.15, 0.2) is 0 Å². The van der Waals surface area contributed by atoms with Gasteiger partial charge in [0.05, 0.1) is 23.9 Å². The van der Waals surface area contributed by atoms with Gasteiger partial charge in [-0.1, -0.05) is 6.07 Å². The summed E-state index contributed by atoms with van der Waals surface area (Å²) >= 11 is 0. The monoisotopic (exact) mass is 286 g/mol. The second-order valence-electron chi connectivity index (χ2n) is 5.17. The van der Waals surface area contributed by atoms with E-state index in [0.29, 0.717) is 19.8 Å². The summed E-state index contributed by atoms with van der Waals surface area (Å²) in [5, 5.41) is 7.06. The number of nitrogens with zero attached hydrogens (tertiary/aromatic N) is 3. The molecule has 1 atom stereocenters. The molecular weight excluding hydrogens is 268 g/mol. The summed E-state index contributed by atoms with van der Waals surface area (Å²) < 4.78 is 7.00. The molecule has 1 fully saturated rings. The zero-order valence-corrected chi connectivity index (χ0v) is 12.0. The average Bonchev–Trinajstić information content (AvgIpc) is 3.17. The van der Waals surface area contributed by atoms with Gasteiger partial charge in [-0.25, -0.2) is 0 Å². The minimum Gasteiger partial charge on any atom is -0.381 e. The van der Waals surface area contributed by atoms with Crippen molar-refractivity contribution in [3.05, 3.63) is 36.2 Å². The fourth-order valence-corrected chi connectivity index (χ4v) is 2.38. The van der Waals surface area contributed by atoms with E-state index in [4.69, 9.17) is 4.74 Å². The van der Waals surface area contributed by atoms with Crippen LogP contribution in [0.3, 0.4) is 0 Å². The van der Waals surface area contributed by atoms with Crippen molar-refractivity contribution < 1.29 is 9.53 Å². The Morgan fingerprint density at radius 1 is 1.48 bits per heavy atom. The van der Waals surface area contributed by atoms with Gasteiger partial charge in [0.2, 0.25) is 5.91 Å². The van der Waals surface area contributed by atoms with Crippen LogP contribution in [-0.2, 0) is 23.1 Å². The maximum Gasteiger partial charge on any atom is 0.225 e. The summed E-state index contributed by atoms with van der Waals surface area (Å²) in [7, 11) is 1.88. The molecule has 1 amide bonds. The molecule has 2 aromatic heterocycles. The highest BCUT2D eigenvalue weighted by Crippen LogP contribution is 2.16. The van der Waals surface area contributed by atoms with Crippen LogP contribution in [0.25, 0.3) is 11.4 Å². The minimum atomic E-state index is -0.00771. The van der Waals surface area contributed by atoms with Crippen molar-refractivity contribution in [2.45, 2.75) is 13.0 Å². The van der Waals surface area contributed by atoms with E-state index in [0.717, 1.165) is 23.4 Å². The number of carbonyl (C=O) groups excluding carboxylic acids is 1. The maximum absolute atomic E-state index is 11.9. The third-order valence-corrected chi connectivity index (χ3v) is 3.68. The number of aromatic nitrogens is 3. The van der Waals surface area contributed by atoms with Gasteiger partial charge in [-0.15, -0.1) is 0 Å². The number of rotatable bonds is 4. The molecule has 0 bridgehead atoms. The van der Waals surface area contributed by atoms with Crippen LogP contribution in [0.4, 0.5) is 0 Å². The molecule has 0 radical (unpaired) electrons. The molecule has 3 heterocycles. The first kappa shape index (κ1) is 13.8. The molecule has 0 spiro atoms. The van der Waals surface area contributed by atoms with Crippen LogP contribution in [-0.4, -0.2) is 33.9 Å². The highest BCUT2D eigenvalue weighted by atomic mass is 16.5. The molecule has 1 N–H and O–H groups in total. The van der Waals surface area contributed by atoms with Crippen molar-refractivity contribution in [1.82, 2.24) is 20.1 Å². The Hall–Kier alpha value is -2.21. The number of ether oxygens (including phenoxy) is 1. The van der Waals surface area contributed by atoms with Crippen molar-refractivity contribution in [3.8, 4) is 11.4 Å². The Kier molecular flexibility index (Phi) is 3.96. The number of amides is 1. The molecule has 2 aromatic rings. The summed E-state index contributed by atoms with van der Waals surface area (Å²) in [6.07, 6.45) is 4.34. The number of carbonyl (C=O) groups is 1. The van der Waals surface area contributed by atoms with E-state index >= 15 is 0 Å². The summed E-state index contributed by atoms with van der Waals surface area (Å²) in [5.41, 5.74) is 2.82. The predicted octanol–water partition coefficient (Wildman–Crippen LogP) is 1.13. The van der Waals surface area contributed by atoms with E-state index in [2.05, 4.69) is 15.4 Å². The summed E-state index contributed by atoms with van der Waals surface area (Å²) in [6, 6.07) is 5.84. The van der Waals surface area contributed by atoms with Gasteiger partial charge < -0.3 is 10.1 Å². The van der Waals surface area contributed by atoms with Crippen molar-refractivity contribution in [1.29, 1.82) is 0 Å². The molecule has 0 saturated carbocycles. The van der Waals surface area contributed by atoms with Crippen LogP contribution in [0.1, 0.15) is 12.0 Å². The molecule has 6 heteroatoms. The quantitative estimate of drug-likeness (QED) is 0.915. The fraction of sp³-hybridized carbons (Fsp3) is 0.400. The van der Waals surface area contributed by atoms with Gasteiger partial charge in [-0.3, -0.25) is 14.5 Å². The lowest BCUT2D eigenvalue weighted by atomic mass is 10.1. The molecule has 6 nitrogen and oxygen atoms in total. The molecule has 1 saturated heterocycles. The fourth-order valence-electron chi connectivity index (χ4n) is 2.38. The normalized spacial score (nSPS) is 17.9. The molecule has 1 unspecified atom stereocenters. The lowest BCUT2D eigenvalue weighted by Crippen LogP contribution is -2.30. The van der Waals surface area contributed by atoms with Gasteiger partial charge in [-0.05, 0) is 24.1 Å². The van der Waals surface area contributed by atoms with Gasteiger partial charge in [0.25, 0.3) is 0 Å². The number of hydrogen-bond donors (Lipinski definition) is 1. The van der Waals surface area contributed by atoms with Crippen LogP contribution in [0.15, 0.2) is 30.6 Å². The first-order valence-electron chi connectivity index (χ1n) is 7.03. The van der Waals surface area contributed by atoms with Gasteiger partial charge >= 0.3 is 0 Å². The van der Waals surface area contributed by atoms with Crippen molar-refractivity contribution in [3.63, 3.8) is 0 Å². The molecule has 3 rings (SSSR count). The van der Waals surface area contributed by atoms with Crippen LogP contribution in [0.5, 0.6) is 0 Å². The highest BCUT2D eigenvalue weighted by Gasteiger charge is 2.22. The first-order chi connectivity index (χ1) is 10.2. The zero-order valence-electron chi connectivity index (χ0n) is 12.0. The largest absolute Gasteiger partial charge is 0.381 e. The molecule has 110 valence electrons. The Labute approximate surface area is 123 Å². The smallest absolute Gasteiger partial charge is 0.225 e. The Balaban J connectivity index is 1.60. The highest BCUT2D eigenvalue weighted by molar-refractivity contribution is 5.78. The molecule has 0 aromatic carbocycles. The molecule has 1 aliphatic heterocycles. The van der Waals surface area contributed by atoms with E-state index in [1.807, 2.05) is 25.2 Å². The van der Waals surface area contributed by atoms with Gasteiger partial charge in [-0.2, -0.15) is 5.10 Å². The van der Waals surface area contributed by atoms with Crippen LogP contribution >= 0.6 is 0 Å². The predicted molar refractivity (Wildman–Crippen MR) is 77.2 cm³/mol. The average molecular weight is 286 g/mol. The number of pyridine rings is 1. The van der Waals surface area contributed by atoms with Crippen LogP contribution in [0, 0.1) is 5.92 Å². The van der Waals surface area contributed by atoms with Crippen molar-refractivity contribution >= 4 is 5.91 Å². The number of aryl methyl sites for hydroxylation is 1. The molecule has 21 heavy (non-hydrogen) atoms. The lowest BCUT2D eigenvalue weighted by Gasteiger charge is -2.09. The van der Waals surface area contributed by atoms with Crippen LogP contribution in [0.2, 0.25) is 0 Å². The zero-order chi connectivity index (χ0) is 14.7. The third kappa shape index (κ3) is 3.11. The molecular formula is C15H18N4O2. The maximum atomic E-state index is 11.9. The SMILES string of the molecule is Cn1nccc1-c1ccc(CNC(=O)C2CCOC2)cn1. The van der Waals surface area contributed by atoms with Gasteiger partial charge in [0.1, 0.15) is 0 Å². The number of hydrogen-bond acceptors (Lipinski definition) is 4. The number of nitrogens with one attached hydrogen (secondary N) is 1. The minimum absolute atomic E-state index is 0.00771. The molecule has 0 aliphatic carbocycles. The van der Waals surface area contributed by atoms with Gasteiger partial charge in [0, 0.05) is 32.6 Å². The van der Waals surface area contributed by atoms with E-state index in [-0.39, 0.29) is 11.8 Å². The summed E-state index contributed by atoms with van der Waals surface area (Å²) in [5.74, 6) is 0.0508. The summed E-state index contributed by atoms with van der Waals surface area (Å²) in [4.78, 5) is 16.3. The second-order valence-corrected chi connectivity index (χ2v) is 5.17. The Morgan fingerprint density at radius 3 is 3.00 bits per heavy atom. The van der Waals surface area contributed by atoms with E-state index in [1.54, 1.807) is 17.1 Å². The Morgan fingerprint density at radius 2 is 2.38 bits per heavy atom. The summed E-state index contributed by atoms with van der Waals surface area (Å²) in [6.45, 7) is 1.70. The van der Waals surface area contributed by atoms with Crippen LogP contribution < -0.4 is 5.32 Å². The van der Waals surface area contributed by atoms with Crippen molar-refractivity contribution in [2.24, 2.45) is 13.0 Å². The molecule has 1 aliphatic rings. The van der Waals surface area contributed by atoms with E-state index < -0.39 is 0 Å². The second kappa shape index (κ2) is 6.05. The van der Waals surface area contributed by atoms with E-state index in [9.17, 15) is 4.79 Å². The lowest BCUT2D eigenvalue weighted by molar-refractivity contribution is -0.125. The van der Waals surface area contributed by atoms with E-state index in [1.165, 1.54) is 0 Å². The topological polar surface area (TPSA) is 69.0 Å². The standard InChI is InChI=1S/C15H18N4O2/c1-19-14(4-6-18-19)13-3-2-11(8-16-13)9-17-15(20)12-5-7-21-10-12/h2-4,6,8,12H,5,7,9-10H2,1H3,(H,17,20). The van der Waals surface area contributed by atoms with Crippen molar-refractivity contribution in [2.75, 3.05) is 13.2 Å². The third-order valence-electron chi connectivity index (χ3n) is 3.68.